The number of rotatable bonds is 5. The molecular formula is C20H22FN3O3S. The lowest BCUT2D eigenvalue weighted by molar-refractivity contribution is 0.0945. The molecule has 2 aliphatic rings. The molecule has 1 aromatic heterocycles. The second-order valence-electron chi connectivity index (χ2n) is 7.68. The summed E-state index contributed by atoms with van der Waals surface area (Å²) in [6.07, 6.45) is 1.48. The Labute approximate surface area is 163 Å². The maximum Gasteiger partial charge on any atom is 0.253 e. The standard InChI is InChI=1S/C20H22FN3O3S/c1-12(2)28(26,27)24-10-16-17(11-24)19(16)23-20(25)14-6-7-18(22-9-14)13-4-3-5-15(21)8-13/h3-9,12,16-17,19H,10-11H2,1-2H3,(H,23,25)/t16-,17+,19+. The van der Waals surface area contributed by atoms with Crippen molar-refractivity contribution in [1.82, 2.24) is 14.6 Å². The molecule has 2 aromatic rings. The number of pyridine rings is 1. The van der Waals surface area contributed by atoms with E-state index >= 15 is 0 Å². The topological polar surface area (TPSA) is 79.4 Å². The number of nitrogens with one attached hydrogen (secondary N) is 1. The van der Waals surface area contributed by atoms with E-state index in [-0.39, 0.29) is 29.6 Å². The molecule has 1 aromatic carbocycles. The van der Waals surface area contributed by atoms with Gasteiger partial charge in [0, 0.05) is 30.9 Å². The van der Waals surface area contributed by atoms with Gasteiger partial charge in [-0.1, -0.05) is 12.1 Å². The number of nitrogens with zero attached hydrogens (tertiary/aromatic N) is 2. The molecule has 148 valence electrons. The van der Waals surface area contributed by atoms with Gasteiger partial charge in [-0.05, 0) is 49.9 Å². The molecule has 0 radical (unpaired) electrons. The van der Waals surface area contributed by atoms with Gasteiger partial charge in [-0.25, -0.2) is 17.1 Å². The van der Waals surface area contributed by atoms with Crippen molar-refractivity contribution in [3.63, 3.8) is 0 Å². The van der Waals surface area contributed by atoms with Crippen LogP contribution in [0.3, 0.4) is 0 Å². The second-order valence-corrected chi connectivity index (χ2v) is 10.2. The van der Waals surface area contributed by atoms with Crippen LogP contribution in [0.4, 0.5) is 4.39 Å². The maximum atomic E-state index is 13.3. The van der Waals surface area contributed by atoms with E-state index in [0.29, 0.717) is 29.9 Å². The Balaban J connectivity index is 1.36. The highest BCUT2D eigenvalue weighted by Gasteiger charge is 2.58. The highest BCUT2D eigenvalue weighted by atomic mass is 32.2. The average Bonchev–Trinajstić information content (AvgIpc) is 3.10. The van der Waals surface area contributed by atoms with Crippen LogP contribution < -0.4 is 5.32 Å². The smallest absolute Gasteiger partial charge is 0.253 e. The molecule has 1 amide bonds. The van der Waals surface area contributed by atoms with Crippen molar-refractivity contribution < 1.29 is 17.6 Å². The molecule has 0 spiro atoms. The van der Waals surface area contributed by atoms with Crippen molar-refractivity contribution in [1.29, 1.82) is 0 Å². The Hall–Kier alpha value is -2.32. The van der Waals surface area contributed by atoms with Crippen LogP contribution in [-0.4, -0.2) is 48.0 Å². The molecule has 1 saturated heterocycles. The Morgan fingerprint density at radius 1 is 1.21 bits per heavy atom. The van der Waals surface area contributed by atoms with E-state index in [4.69, 9.17) is 0 Å². The Bertz CT molecular complexity index is 996. The third-order valence-corrected chi connectivity index (χ3v) is 7.77. The fourth-order valence-electron chi connectivity index (χ4n) is 3.79. The van der Waals surface area contributed by atoms with Gasteiger partial charge < -0.3 is 5.32 Å². The monoisotopic (exact) mass is 403 g/mol. The van der Waals surface area contributed by atoms with Gasteiger partial charge in [0.1, 0.15) is 5.82 Å². The van der Waals surface area contributed by atoms with Gasteiger partial charge in [0.05, 0.1) is 16.5 Å². The first-order chi connectivity index (χ1) is 13.3. The maximum absolute atomic E-state index is 13.3. The van der Waals surface area contributed by atoms with Crippen LogP contribution in [-0.2, 0) is 10.0 Å². The lowest BCUT2D eigenvalue weighted by Crippen LogP contribution is -2.40. The molecule has 8 heteroatoms. The lowest BCUT2D eigenvalue weighted by atomic mass is 10.1. The van der Waals surface area contributed by atoms with Gasteiger partial charge in [0.25, 0.3) is 5.91 Å². The number of amides is 1. The largest absolute Gasteiger partial charge is 0.349 e. The van der Waals surface area contributed by atoms with Crippen LogP contribution in [0.5, 0.6) is 0 Å². The number of halogens is 1. The summed E-state index contributed by atoms with van der Waals surface area (Å²) >= 11 is 0. The number of carbonyl (C=O) groups excluding carboxylic acids is 1. The fourth-order valence-corrected chi connectivity index (χ4v) is 5.15. The summed E-state index contributed by atoms with van der Waals surface area (Å²) in [5, 5.41) is 2.55. The van der Waals surface area contributed by atoms with Gasteiger partial charge >= 0.3 is 0 Å². The zero-order valence-corrected chi connectivity index (χ0v) is 16.5. The number of fused-ring (bicyclic) bond motifs is 1. The zero-order chi connectivity index (χ0) is 20.1. The van der Waals surface area contributed by atoms with Crippen molar-refractivity contribution in [2.75, 3.05) is 13.1 Å². The summed E-state index contributed by atoms with van der Waals surface area (Å²) in [7, 11) is -3.23. The van der Waals surface area contributed by atoms with Gasteiger partial charge in [-0.2, -0.15) is 0 Å². The van der Waals surface area contributed by atoms with Gasteiger partial charge in [-0.3, -0.25) is 9.78 Å². The number of hydrogen-bond acceptors (Lipinski definition) is 4. The molecule has 6 nitrogen and oxygen atoms in total. The summed E-state index contributed by atoms with van der Waals surface area (Å²) in [5.74, 6) is -0.208. The van der Waals surface area contributed by atoms with E-state index in [1.165, 1.54) is 22.6 Å². The van der Waals surface area contributed by atoms with Crippen molar-refractivity contribution in [2.24, 2.45) is 11.8 Å². The molecule has 1 N–H and O–H groups in total. The van der Waals surface area contributed by atoms with E-state index in [1.807, 2.05) is 0 Å². The quantitative estimate of drug-likeness (QED) is 0.831. The van der Waals surface area contributed by atoms with Crippen LogP contribution in [0.25, 0.3) is 11.3 Å². The van der Waals surface area contributed by atoms with Crippen LogP contribution in [0.15, 0.2) is 42.6 Å². The number of carbonyl (C=O) groups is 1. The van der Waals surface area contributed by atoms with Gasteiger partial charge in [-0.15, -0.1) is 0 Å². The molecule has 28 heavy (non-hydrogen) atoms. The third kappa shape index (κ3) is 3.42. The van der Waals surface area contributed by atoms with Crippen LogP contribution in [0.2, 0.25) is 0 Å². The zero-order valence-electron chi connectivity index (χ0n) is 15.7. The molecular weight excluding hydrogens is 381 g/mol. The number of hydrogen-bond donors (Lipinski definition) is 1. The minimum Gasteiger partial charge on any atom is -0.349 e. The fraction of sp³-hybridized carbons (Fsp3) is 0.400. The number of benzene rings is 1. The van der Waals surface area contributed by atoms with Crippen LogP contribution in [0.1, 0.15) is 24.2 Å². The molecule has 0 bridgehead atoms. The molecule has 3 atom stereocenters. The summed E-state index contributed by atoms with van der Waals surface area (Å²) in [6, 6.07) is 9.49. The second kappa shape index (κ2) is 6.93. The first-order valence-corrected chi connectivity index (χ1v) is 10.8. The predicted molar refractivity (Wildman–Crippen MR) is 103 cm³/mol. The van der Waals surface area contributed by atoms with Gasteiger partial charge in [0.2, 0.25) is 10.0 Å². The van der Waals surface area contributed by atoms with Gasteiger partial charge in [0.15, 0.2) is 0 Å². The third-order valence-electron chi connectivity index (χ3n) is 5.56. The predicted octanol–water partition coefficient (Wildman–Crippen LogP) is 2.29. The normalized spacial score (nSPS) is 24.2. The molecule has 1 aliphatic carbocycles. The molecule has 2 fully saturated rings. The summed E-state index contributed by atoms with van der Waals surface area (Å²) < 4.78 is 39.3. The summed E-state index contributed by atoms with van der Waals surface area (Å²) in [4.78, 5) is 16.7. The SMILES string of the molecule is CC(C)S(=O)(=O)N1C[C@@H]2[C@H](C1)[C@H]2NC(=O)c1ccc(-c2cccc(F)c2)nc1. The minimum absolute atomic E-state index is 0.00834. The minimum atomic E-state index is -3.23. The van der Waals surface area contributed by atoms with E-state index in [0.717, 1.165) is 0 Å². The van der Waals surface area contributed by atoms with Crippen molar-refractivity contribution in [3.8, 4) is 11.3 Å². The lowest BCUT2D eigenvalue weighted by Gasteiger charge is -2.22. The highest BCUT2D eigenvalue weighted by molar-refractivity contribution is 7.89. The Morgan fingerprint density at radius 2 is 1.93 bits per heavy atom. The van der Waals surface area contributed by atoms with E-state index in [1.54, 1.807) is 38.1 Å². The summed E-state index contributed by atoms with van der Waals surface area (Å²) in [6.45, 7) is 4.29. The molecule has 1 saturated carbocycles. The van der Waals surface area contributed by atoms with E-state index < -0.39 is 15.3 Å². The van der Waals surface area contributed by atoms with Crippen LogP contribution >= 0.6 is 0 Å². The first-order valence-electron chi connectivity index (χ1n) is 9.29. The molecule has 1 aliphatic heterocycles. The summed E-state index contributed by atoms with van der Waals surface area (Å²) in [5.41, 5.74) is 1.67. The first kappa shape index (κ1) is 19.0. The number of aromatic nitrogens is 1. The number of sulfonamides is 1. The Morgan fingerprint density at radius 3 is 2.50 bits per heavy atom. The molecule has 4 rings (SSSR count). The average molecular weight is 403 g/mol. The Kier molecular flexibility index (Phi) is 4.71. The van der Waals surface area contributed by atoms with Crippen molar-refractivity contribution in [2.45, 2.75) is 25.1 Å². The van der Waals surface area contributed by atoms with E-state index in [9.17, 15) is 17.6 Å². The van der Waals surface area contributed by atoms with E-state index in [2.05, 4.69) is 10.3 Å². The van der Waals surface area contributed by atoms with Crippen LogP contribution in [0, 0.1) is 17.7 Å². The highest BCUT2D eigenvalue weighted by Crippen LogP contribution is 2.46. The number of piperidine rings is 1. The molecule has 0 unspecified atom stereocenters. The molecule has 2 heterocycles. The van der Waals surface area contributed by atoms with Crippen molar-refractivity contribution in [3.05, 3.63) is 54.0 Å². The van der Waals surface area contributed by atoms with Crippen molar-refractivity contribution >= 4 is 15.9 Å².